The number of fused-ring (bicyclic) bond motifs is 3. The maximum absolute atomic E-state index is 14.9. The molecule has 5 rings (SSSR count). The molecule has 3 nitrogen and oxygen atoms in total. The van der Waals surface area contributed by atoms with Gasteiger partial charge in [0.1, 0.15) is 11.6 Å². The van der Waals surface area contributed by atoms with E-state index in [9.17, 15) is 8.78 Å². The smallest absolute Gasteiger partial charge is 0.128 e. The summed E-state index contributed by atoms with van der Waals surface area (Å²) in [5.74, 6) is -0.377. The minimum atomic E-state index is -0.189. The van der Waals surface area contributed by atoms with Crippen molar-refractivity contribution in [3.05, 3.63) is 93.8 Å². The summed E-state index contributed by atoms with van der Waals surface area (Å²) >= 11 is 0. The molecular formula is C25H27F2N3. The summed E-state index contributed by atoms with van der Waals surface area (Å²) in [6, 6.07) is 13.8. The van der Waals surface area contributed by atoms with Gasteiger partial charge in [0.25, 0.3) is 0 Å². The summed E-state index contributed by atoms with van der Waals surface area (Å²) in [6.45, 7) is 1.73. The quantitative estimate of drug-likeness (QED) is 0.622. The average molecular weight is 408 g/mol. The van der Waals surface area contributed by atoms with Gasteiger partial charge in [0, 0.05) is 66.6 Å². The van der Waals surface area contributed by atoms with E-state index in [1.165, 1.54) is 23.5 Å². The van der Waals surface area contributed by atoms with Crippen LogP contribution in [0.1, 0.15) is 45.7 Å². The van der Waals surface area contributed by atoms with Gasteiger partial charge in [-0.3, -0.25) is 9.80 Å². The van der Waals surface area contributed by atoms with Crippen LogP contribution in [-0.4, -0.2) is 41.6 Å². The predicted molar refractivity (Wildman–Crippen MR) is 115 cm³/mol. The third kappa shape index (κ3) is 2.83. The summed E-state index contributed by atoms with van der Waals surface area (Å²) in [6.07, 6.45) is 1.82. The Kier molecular flexibility index (Phi) is 4.75. The van der Waals surface area contributed by atoms with Crippen LogP contribution >= 0.6 is 0 Å². The minimum absolute atomic E-state index is 0.175. The molecule has 0 saturated carbocycles. The lowest BCUT2D eigenvalue weighted by atomic mass is 9.83. The molecule has 5 heteroatoms. The van der Waals surface area contributed by atoms with Crippen molar-refractivity contribution in [3.8, 4) is 0 Å². The lowest BCUT2D eigenvalue weighted by Crippen LogP contribution is -2.37. The standard InChI is InChI=1S/C25H27F2N3/c1-28-14-12-20-22(24(28)16-8-4-6-10-18(16)26)23-21(30(20)3)13-15-29(2)25(23)17-9-5-7-11-19(17)27/h4-11,24-25H,12-15H2,1-3H3. The summed E-state index contributed by atoms with van der Waals surface area (Å²) in [5, 5.41) is 0. The molecule has 30 heavy (non-hydrogen) atoms. The van der Waals surface area contributed by atoms with E-state index in [-0.39, 0.29) is 23.7 Å². The van der Waals surface area contributed by atoms with Crippen molar-refractivity contribution in [3.63, 3.8) is 0 Å². The normalized spacial score (nSPS) is 22.0. The fourth-order valence-corrected chi connectivity index (χ4v) is 5.49. The molecule has 0 fully saturated rings. The zero-order valence-corrected chi connectivity index (χ0v) is 17.7. The third-order valence-electron chi connectivity index (χ3n) is 6.95. The summed E-state index contributed by atoms with van der Waals surface area (Å²) < 4.78 is 32.2. The maximum atomic E-state index is 14.9. The number of halogens is 2. The Morgan fingerprint density at radius 3 is 1.47 bits per heavy atom. The molecule has 2 aliphatic heterocycles. The molecule has 0 N–H and O–H groups in total. The van der Waals surface area contributed by atoms with Crippen LogP contribution in [0.25, 0.3) is 0 Å². The second-order valence-corrected chi connectivity index (χ2v) is 8.59. The molecule has 0 bridgehead atoms. The Morgan fingerprint density at radius 2 is 1.07 bits per heavy atom. The highest BCUT2D eigenvalue weighted by atomic mass is 19.1. The first-order valence-corrected chi connectivity index (χ1v) is 10.6. The van der Waals surface area contributed by atoms with Crippen LogP contribution in [0.4, 0.5) is 8.78 Å². The molecule has 156 valence electrons. The van der Waals surface area contributed by atoms with E-state index in [2.05, 4.69) is 35.5 Å². The SMILES string of the molecule is CN1CCc2c(c3c(n2C)CCN(C)C3c2ccccc2F)C1c1ccccc1F. The van der Waals surface area contributed by atoms with Gasteiger partial charge in [-0.05, 0) is 26.2 Å². The van der Waals surface area contributed by atoms with Gasteiger partial charge in [-0.2, -0.15) is 0 Å². The Bertz CT molecular complexity index is 1020. The largest absolute Gasteiger partial charge is 0.351 e. The highest BCUT2D eigenvalue weighted by Crippen LogP contribution is 2.47. The molecule has 2 atom stereocenters. The molecule has 0 aliphatic carbocycles. The van der Waals surface area contributed by atoms with E-state index >= 15 is 0 Å². The van der Waals surface area contributed by atoms with Gasteiger partial charge in [-0.25, -0.2) is 8.78 Å². The third-order valence-corrected chi connectivity index (χ3v) is 6.95. The molecule has 2 aromatic carbocycles. The summed E-state index contributed by atoms with van der Waals surface area (Å²) in [5.41, 5.74) is 6.20. The zero-order chi connectivity index (χ0) is 21.0. The van der Waals surface area contributed by atoms with Crippen LogP contribution in [0.5, 0.6) is 0 Å². The average Bonchev–Trinajstić information content (AvgIpc) is 3.02. The number of hydrogen-bond donors (Lipinski definition) is 0. The Balaban J connectivity index is 1.79. The van der Waals surface area contributed by atoms with Crippen LogP contribution in [0, 0.1) is 11.6 Å². The minimum Gasteiger partial charge on any atom is -0.351 e. The molecular weight excluding hydrogens is 380 g/mol. The second kappa shape index (κ2) is 7.33. The molecule has 0 saturated heterocycles. The van der Waals surface area contributed by atoms with Crippen LogP contribution in [0.2, 0.25) is 0 Å². The molecule has 0 amide bonds. The second-order valence-electron chi connectivity index (χ2n) is 8.59. The van der Waals surface area contributed by atoms with Gasteiger partial charge in [0.05, 0.1) is 12.1 Å². The predicted octanol–water partition coefficient (Wildman–Crippen LogP) is 4.46. The van der Waals surface area contributed by atoms with Gasteiger partial charge in [-0.1, -0.05) is 36.4 Å². The number of nitrogens with zero attached hydrogens (tertiary/aromatic N) is 3. The lowest BCUT2D eigenvalue weighted by molar-refractivity contribution is 0.240. The molecule has 2 unspecified atom stereocenters. The first kappa shape index (κ1) is 19.5. The van der Waals surface area contributed by atoms with Crippen LogP contribution in [0.15, 0.2) is 48.5 Å². The Morgan fingerprint density at radius 1 is 0.667 bits per heavy atom. The zero-order valence-electron chi connectivity index (χ0n) is 17.7. The number of rotatable bonds is 2. The van der Waals surface area contributed by atoms with E-state index in [4.69, 9.17) is 0 Å². The van der Waals surface area contributed by atoms with E-state index in [1.807, 2.05) is 24.3 Å². The fraction of sp³-hybridized carbons (Fsp3) is 0.360. The number of hydrogen-bond acceptors (Lipinski definition) is 2. The number of likely N-dealkylation sites (N-methyl/N-ethyl adjacent to an activating group) is 2. The molecule has 3 aromatic rings. The summed E-state index contributed by atoms with van der Waals surface area (Å²) in [4.78, 5) is 4.46. The van der Waals surface area contributed by atoms with E-state index < -0.39 is 0 Å². The van der Waals surface area contributed by atoms with Crippen molar-refractivity contribution in [2.75, 3.05) is 27.2 Å². The van der Waals surface area contributed by atoms with Crippen molar-refractivity contribution in [1.82, 2.24) is 14.4 Å². The topological polar surface area (TPSA) is 11.4 Å². The van der Waals surface area contributed by atoms with Crippen molar-refractivity contribution < 1.29 is 8.78 Å². The molecule has 2 aliphatic rings. The molecule has 1 aromatic heterocycles. The van der Waals surface area contributed by atoms with Gasteiger partial charge in [0.2, 0.25) is 0 Å². The van der Waals surface area contributed by atoms with Gasteiger partial charge >= 0.3 is 0 Å². The Hall–Kier alpha value is -2.50. The molecule has 3 heterocycles. The Labute approximate surface area is 176 Å². The van der Waals surface area contributed by atoms with Crippen molar-refractivity contribution >= 4 is 0 Å². The monoisotopic (exact) mass is 407 g/mol. The van der Waals surface area contributed by atoms with Crippen molar-refractivity contribution in [2.24, 2.45) is 7.05 Å². The summed E-state index contributed by atoms with van der Waals surface area (Å²) in [7, 11) is 6.24. The van der Waals surface area contributed by atoms with E-state index in [0.29, 0.717) is 11.1 Å². The van der Waals surface area contributed by atoms with Gasteiger partial charge in [0.15, 0.2) is 0 Å². The highest BCUT2D eigenvalue weighted by molar-refractivity contribution is 5.52. The van der Waals surface area contributed by atoms with Gasteiger partial charge in [-0.15, -0.1) is 0 Å². The molecule has 0 spiro atoms. The van der Waals surface area contributed by atoms with Gasteiger partial charge < -0.3 is 4.57 Å². The number of benzene rings is 2. The van der Waals surface area contributed by atoms with E-state index in [1.54, 1.807) is 12.1 Å². The van der Waals surface area contributed by atoms with Crippen molar-refractivity contribution in [2.45, 2.75) is 24.9 Å². The highest BCUT2D eigenvalue weighted by Gasteiger charge is 2.40. The van der Waals surface area contributed by atoms with Crippen LogP contribution in [0.3, 0.4) is 0 Å². The first-order valence-electron chi connectivity index (χ1n) is 10.6. The first-order chi connectivity index (χ1) is 14.5. The fourth-order valence-electron chi connectivity index (χ4n) is 5.49. The maximum Gasteiger partial charge on any atom is 0.128 e. The number of aromatic nitrogens is 1. The van der Waals surface area contributed by atoms with Crippen LogP contribution in [-0.2, 0) is 19.9 Å². The van der Waals surface area contributed by atoms with Crippen molar-refractivity contribution in [1.29, 1.82) is 0 Å². The van der Waals surface area contributed by atoms with E-state index in [0.717, 1.165) is 37.1 Å². The lowest BCUT2D eigenvalue weighted by Gasteiger charge is -2.38. The van der Waals surface area contributed by atoms with Crippen LogP contribution < -0.4 is 0 Å². The molecule has 0 radical (unpaired) electrons.